The highest BCUT2D eigenvalue weighted by atomic mass is 19.1. The van der Waals surface area contributed by atoms with Gasteiger partial charge in [-0.15, -0.1) is 0 Å². The highest BCUT2D eigenvalue weighted by Gasteiger charge is 2.14. The molecule has 0 spiro atoms. The second kappa shape index (κ2) is 6.20. The van der Waals surface area contributed by atoms with Crippen LogP contribution in [0.4, 0.5) is 10.1 Å². The maximum Gasteiger partial charge on any atom is 0.337 e. The van der Waals surface area contributed by atoms with Gasteiger partial charge < -0.3 is 20.5 Å². The van der Waals surface area contributed by atoms with Crippen molar-refractivity contribution in [3.63, 3.8) is 0 Å². The zero-order valence-corrected chi connectivity index (χ0v) is 10.4. The number of nitrogens with zero attached hydrogens (tertiary/aromatic N) is 1. The Labute approximate surface area is 105 Å². The number of hydrogen-bond acceptors (Lipinski definition) is 4. The van der Waals surface area contributed by atoms with E-state index in [1.165, 1.54) is 0 Å². The highest BCUT2D eigenvalue weighted by molar-refractivity contribution is 5.94. The Morgan fingerprint density at radius 1 is 1.50 bits per heavy atom. The van der Waals surface area contributed by atoms with Crippen LogP contribution in [0.25, 0.3) is 0 Å². The largest absolute Gasteiger partial charge is 0.490 e. The van der Waals surface area contributed by atoms with E-state index in [4.69, 9.17) is 15.6 Å². The first-order valence-electron chi connectivity index (χ1n) is 5.51. The number of hydrogen-bond donors (Lipinski definition) is 2. The van der Waals surface area contributed by atoms with Crippen LogP contribution in [0.15, 0.2) is 12.1 Å². The molecule has 0 amide bonds. The number of benzene rings is 1. The Kier molecular flexibility index (Phi) is 4.91. The number of halogens is 1. The minimum Gasteiger partial charge on any atom is -0.490 e. The minimum atomic E-state index is -1.20. The summed E-state index contributed by atoms with van der Waals surface area (Å²) in [6.45, 7) is 1.13. The lowest BCUT2D eigenvalue weighted by atomic mass is 10.1. The molecule has 5 nitrogen and oxygen atoms in total. The fourth-order valence-electron chi connectivity index (χ4n) is 1.43. The Bertz CT molecular complexity index is 436. The first-order valence-corrected chi connectivity index (χ1v) is 5.51. The van der Waals surface area contributed by atoms with E-state index < -0.39 is 11.8 Å². The van der Waals surface area contributed by atoms with E-state index in [-0.39, 0.29) is 17.0 Å². The molecule has 0 atom stereocenters. The van der Waals surface area contributed by atoms with Crippen LogP contribution < -0.4 is 10.5 Å². The molecule has 0 saturated carbocycles. The predicted molar refractivity (Wildman–Crippen MR) is 66.4 cm³/mol. The van der Waals surface area contributed by atoms with Crippen LogP contribution in [-0.2, 0) is 0 Å². The van der Waals surface area contributed by atoms with Gasteiger partial charge in [0.1, 0.15) is 0 Å². The van der Waals surface area contributed by atoms with Gasteiger partial charge in [-0.25, -0.2) is 9.18 Å². The topological polar surface area (TPSA) is 75.8 Å². The molecule has 0 bridgehead atoms. The molecule has 1 rings (SSSR count). The van der Waals surface area contributed by atoms with E-state index in [9.17, 15) is 9.18 Å². The summed E-state index contributed by atoms with van der Waals surface area (Å²) >= 11 is 0. The number of aromatic carboxylic acids is 1. The Morgan fingerprint density at radius 3 is 2.72 bits per heavy atom. The Balaban J connectivity index is 2.70. The monoisotopic (exact) mass is 256 g/mol. The van der Waals surface area contributed by atoms with E-state index >= 15 is 0 Å². The van der Waals surface area contributed by atoms with Crippen molar-refractivity contribution in [2.45, 2.75) is 6.42 Å². The molecular formula is C12H17FN2O3. The van der Waals surface area contributed by atoms with E-state index in [2.05, 4.69) is 0 Å². The van der Waals surface area contributed by atoms with Gasteiger partial charge in [0.15, 0.2) is 11.6 Å². The van der Waals surface area contributed by atoms with Crippen LogP contribution in [0.5, 0.6) is 5.75 Å². The summed E-state index contributed by atoms with van der Waals surface area (Å²) in [6.07, 6.45) is 0.721. The van der Waals surface area contributed by atoms with Gasteiger partial charge in [-0.3, -0.25) is 0 Å². The normalized spacial score (nSPS) is 10.7. The van der Waals surface area contributed by atoms with E-state index in [0.717, 1.165) is 25.1 Å². The molecule has 0 aliphatic heterocycles. The lowest BCUT2D eigenvalue weighted by Gasteiger charge is -2.12. The zero-order valence-electron chi connectivity index (χ0n) is 10.4. The van der Waals surface area contributed by atoms with Crippen LogP contribution >= 0.6 is 0 Å². The van der Waals surface area contributed by atoms with Gasteiger partial charge in [0.25, 0.3) is 0 Å². The predicted octanol–water partition coefficient (Wildman–Crippen LogP) is 1.44. The number of carboxylic acid groups (broad SMARTS) is 1. The van der Waals surface area contributed by atoms with Crippen LogP contribution in [0.3, 0.4) is 0 Å². The third-order valence-electron chi connectivity index (χ3n) is 2.34. The molecule has 0 unspecified atom stereocenters. The maximum absolute atomic E-state index is 13.5. The average molecular weight is 256 g/mol. The first-order chi connectivity index (χ1) is 8.41. The van der Waals surface area contributed by atoms with Crippen LogP contribution in [0.2, 0.25) is 0 Å². The summed E-state index contributed by atoms with van der Waals surface area (Å²) in [5, 5.41) is 8.86. The fourth-order valence-corrected chi connectivity index (χ4v) is 1.43. The lowest BCUT2D eigenvalue weighted by molar-refractivity contribution is 0.0697. The standard InChI is InChI=1S/C12H17FN2O3/c1-15(2)4-3-5-18-11-6-8(12(16)17)10(14)7-9(11)13/h6-7H,3-5,14H2,1-2H3,(H,16,17). The summed E-state index contributed by atoms with van der Waals surface area (Å²) in [4.78, 5) is 12.8. The van der Waals surface area contributed by atoms with Crippen molar-refractivity contribution in [2.75, 3.05) is 33.0 Å². The molecule has 3 N–H and O–H groups in total. The smallest absolute Gasteiger partial charge is 0.337 e. The number of nitrogen functional groups attached to an aromatic ring is 1. The summed E-state index contributed by atoms with van der Waals surface area (Å²) in [6, 6.07) is 2.08. The molecule has 1 aromatic rings. The van der Waals surface area contributed by atoms with Gasteiger partial charge in [0, 0.05) is 18.3 Å². The number of ether oxygens (including phenoxy) is 1. The summed E-state index contributed by atoms with van der Waals surface area (Å²) in [7, 11) is 3.85. The summed E-state index contributed by atoms with van der Waals surface area (Å²) in [5.41, 5.74) is 5.14. The van der Waals surface area contributed by atoms with Crippen molar-refractivity contribution in [1.82, 2.24) is 4.90 Å². The molecule has 100 valence electrons. The second-order valence-electron chi connectivity index (χ2n) is 4.18. The van der Waals surface area contributed by atoms with Gasteiger partial charge in [0.05, 0.1) is 12.2 Å². The first kappa shape index (κ1) is 14.2. The number of anilines is 1. The molecule has 1 aromatic carbocycles. The van der Waals surface area contributed by atoms with Gasteiger partial charge in [-0.05, 0) is 26.6 Å². The molecule has 0 aliphatic rings. The van der Waals surface area contributed by atoms with Crippen molar-refractivity contribution in [1.29, 1.82) is 0 Å². The molecule has 0 radical (unpaired) electrons. The number of nitrogens with two attached hydrogens (primary N) is 1. The van der Waals surface area contributed by atoms with E-state index in [1.54, 1.807) is 0 Å². The van der Waals surface area contributed by atoms with Gasteiger partial charge >= 0.3 is 5.97 Å². The minimum absolute atomic E-state index is 0.0830. The number of rotatable bonds is 6. The van der Waals surface area contributed by atoms with Crippen LogP contribution in [-0.4, -0.2) is 43.2 Å². The Morgan fingerprint density at radius 2 is 2.17 bits per heavy atom. The van der Waals surface area contributed by atoms with Gasteiger partial charge in [0.2, 0.25) is 0 Å². The quantitative estimate of drug-likeness (QED) is 0.595. The molecular weight excluding hydrogens is 239 g/mol. The molecule has 0 aromatic heterocycles. The van der Waals surface area contributed by atoms with Crippen molar-refractivity contribution in [2.24, 2.45) is 0 Å². The van der Waals surface area contributed by atoms with Gasteiger partial charge in [-0.2, -0.15) is 0 Å². The number of carbonyl (C=O) groups is 1. The van der Waals surface area contributed by atoms with Gasteiger partial charge in [-0.1, -0.05) is 0 Å². The maximum atomic E-state index is 13.5. The molecule has 0 heterocycles. The SMILES string of the molecule is CN(C)CCCOc1cc(C(=O)O)c(N)cc1F. The van der Waals surface area contributed by atoms with Crippen molar-refractivity contribution in [3.05, 3.63) is 23.5 Å². The van der Waals surface area contributed by atoms with Crippen LogP contribution in [0.1, 0.15) is 16.8 Å². The number of carboxylic acids is 1. The highest BCUT2D eigenvalue weighted by Crippen LogP contribution is 2.24. The summed E-state index contributed by atoms with van der Waals surface area (Å²) in [5.74, 6) is -1.94. The average Bonchev–Trinajstić information content (AvgIpc) is 2.25. The Hall–Kier alpha value is -1.82. The van der Waals surface area contributed by atoms with Crippen molar-refractivity contribution < 1.29 is 19.0 Å². The molecule has 0 saturated heterocycles. The zero-order chi connectivity index (χ0) is 13.7. The third-order valence-corrected chi connectivity index (χ3v) is 2.34. The van der Waals surface area contributed by atoms with Crippen molar-refractivity contribution >= 4 is 11.7 Å². The van der Waals surface area contributed by atoms with E-state index in [0.29, 0.717) is 6.61 Å². The molecule has 18 heavy (non-hydrogen) atoms. The molecule has 6 heteroatoms. The third kappa shape index (κ3) is 3.89. The lowest BCUT2D eigenvalue weighted by Crippen LogP contribution is -2.16. The van der Waals surface area contributed by atoms with Crippen molar-refractivity contribution in [3.8, 4) is 5.75 Å². The van der Waals surface area contributed by atoms with E-state index in [1.807, 2.05) is 19.0 Å². The fraction of sp³-hybridized carbons (Fsp3) is 0.417. The van der Waals surface area contributed by atoms with Crippen LogP contribution in [0, 0.1) is 5.82 Å². The molecule has 0 aliphatic carbocycles. The molecule has 0 fully saturated rings. The second-order valence-corrected chi connectivity index (χ2v) is 4.18. The summed E-state index contributed by atoms with van der Waals surface area (Å²) < 4.78 is 18.7.